The zero-order valence-electron chi connectivity index (χ0n) is 10.5. The van der Waals surface area contributed by atoms with E-state index in [0.29, 0.717) is 0 Å². The number of hydrogen-bond donors (Lipinski definition) is 2. The van der Waals surface area contributed by atoms with Crippen LogP contribution in [0.4, 0.5) is 0 Å². The molecule has 3 N–H and O–H groups in total. The molecule has 0 spiro atoms. The lowest BCUT2D eigenvalue weighted by molar-refractivity contribution is -0.122. The van der Waals surface area contributed by atoms with Gasteiger partial charge in [-0.15, -0.1) is 0 Å². The third-order valence-electron chi connectivity index (χ3n) is 2.77. The van der Waals surface area contributed by atoms with Crippen LogP contribution in [-0.2, 0) is 4.79 Å². The number of unbranched alkanes of at least 4 members (excludes halogenated alkanes) is 3. The molecule has 3 nitrogen and oxygen atoms in total. The van der Waals surface area contributed by atoms with Gasteiger partial charge in [-0.05, 0) is 12.0 Å². The van der Waals surface area contributed by atoms with Crippen molar-refractivity contribution in [2.24, 2.45) is 5.73 Å². The number of amides is 1. The van der Waals surface area contributed by atoms with Crippen LogP contribution in [0.1, 0.15) is 44.2 Å². The van der Waals surface area contributed by atoms with Gasteiger partial charge in [0.05, 0.1) is 0 Å². The average molecular weight is 234 g/mol. The van der Waals surface area contributed by atoms with Gasteiger partial charge >= 0.3 is 0 Å². The van der Waals surface area contributed by atoms with Crippen LogP contribution in [-0.4, -0.2) is 12.5 Å². The first-order valence-electron chi connectivity index (χ1n) is 6.34. The van der Waals surface area contributed by atoms with Crippen LogP contribution in [0, 0.1) is 0 Å². The molecule has 0 aliphatic rings. The summed E-state index contributed by atoms with van der Waals surface area (Å²) in [4.78, 5) is 11.7. The summed E-state index contributed by atoms with van der Waals surface area (Å²) >= 11 is 0. The average Bonchev–Trinajstić information content (AvgIpc) is 2.38. The van der Waals surface area contributed by atoms with Crippen LogP contribution >= 0.6 is 0 Å². The third kappa shape index (κ3) is 5.00. The van der Waals surface area contributed by atoms with Gasteiger partial charge in [-0.2, -0.15) is 0 Å². The molecule has 0 saturated heterocycles. The van der Waals surface area contributed by atoms with E-state index in [1.54, 1.807) is 0 Å². The number of rotatable bonds is 7. The van der Waals surface area contributed by atoms with Crippen molar-refractivity contribution in [3.05, 3.63) is 35.9 Å². The quantitative estimate of drug-likeness (QED) is 0.712. The van der Waals surface area contributed by atoms with E-state index in [1.807, 2.05) is 30.3 Å². The Morgan fingerprint density at radius 3 is 2.59 bits per heavy atom. The first kappa shape index (κ1) is 13.7. The topological polar surface area (TPSA) is 55.1 Å². The fourth-order valence-corrected chi connectivity index (χ4v) is 1.69. The van der Waals surface area contributed by atoms with E-state index in [4.69, 9.17) is 5.73 Å². The molecule has 1 aromatic rings. The van der Waals surface area contributed by atoms with Crippen molar-refractivity contribution < 1.29 is 4.79 Å². The largest absolute Gasteiger partial charge is 0.354 e. The second-order valence-corrected chi connectivity index (χ2v) is 4.24. The second-order valence-electron chi connectivity index (χ2n) is 4.24. The molecule has 1 amide bonds. The Kier molecular flexibility index (Phi) is 6.33. The molecule has 0 unspecified atom stereocenters. The maximum absolute atomic E-state index is 11.7. The molecule has 0 aromatic heterocycles. The molecule has 0 heterocycles. The molecule has 0 bridgehead atoms. The Morgan fingerprint density at radius 2 is 1.94 bits per heavy atom. The number of nitrogens with two attached hydrogens (primary N) is 1. The van der Waals surface area contributed by atoms with Crippen molar-refractivity contribution in [1.29, 1.82) is 0 Å². The highest BCUT2D eigenvalue weighted by Crippen LogP contribution is 2.09. The van der Waals surface area contributed by atoms with Crippen molar-refractivity contribution in [1.82, 2.24) is 5.32 Å². The van der Waals surface area contributed by atoms with Gasteiger partial charge in [0.15, 0.2) is 0 Å². The molecule has 1 rings (SSSR count). The maximum atomic E-state index is 11.7. The standard InChI is InChI=1S/C14H22N2O/c1-2-3-4-8-11-16-14(17)13(15)12-9-6-5-7-10-12/h5-7,9-10,13H,2-4,8,11,15H2,1H3,(H,16,17)/t13-/m1/s1. The highest BCUT2D eigenvalue weighted by Gasteiger charge is 2.14. The Labute approximate surface area is 103 Å². The maximum Gasteiger partial charge on any atom is 0.241 e. The van der Waals surface area contributed by atoms with Crippen LogP contribution in [0.3, 0.4) is 0 Å². The molecule has 0 saturated carbocycles. The first-order chi connectivity index (χ1) is 8.25. The zero-order valence-corrected chi connectivity index (χ0v) is 10.5. The minimum absolute atomic E-state index is 0.0901. The molecule has 1 atom stereocenters. The smallest absolute Gasteiger partial charge is 0.241 e. The Morgan fingerprint density at radius 1 is 1.24 bits per heavy atom. The molecular weight excluding hydrogens is 212 g/mol. The highest BCUT2D eigenvalue weighted by molar-refractivity contribution is 5.82. The normalized spacial score (nSPS) is 12.1. The third-order valence-corrected chi connectivity index (χ3v) is 2.77. The minimum atomic E-state index is -0.553. The fraction of sp³-hybridized carbons (Fsp3) is 0.500. The van der Waals surface area contributed by atoms with E-state index in [2.05, 4.69) is 12.2 Å². The number of nitrogens with one attached hydrogen (secondary N) is 1. The number of carbonyl (C=O) groups is 1. The molecule has 0 aliphatic carbocycles. The summed E-state index contributed by atoms with van der Waals surface area (Å²) in [6, 6.07) is 8.90. The Bertz CT molecular complexity index is 324. The molecule has 0 radical (unpaired) electrons. The molecular formula is C14H22N2O. The van der Waals surface area contributed by atoms with Gasteiger partial charge in [0.1, 0.15) is 6.04 Å². The lowest BCUT2D eigenvalue weighted by Gasteiger charge is -2.12. The van der Waals surface area contributed by atoms with E-state index >= 15 is 0 Å². The summed E-state index contributed by atoms with van der Waals surface area (Å²) in [6.45, 7) is 2.89. The summed E-state index contributed by atoms with van der Waals surface area (Å²) in [5.74, 6) is -0.0901. The monoisotopic (exact) mass is 234 g/mol. The fourth-order valence-electron chi connectivity index (χ4n) is 1.69. The van der Waals surface area contributed by atoms with Crippen molar-refractivity contribution in [3.8, 4) is 0 Å². The van der Waals surface area contributed by atoms with Gasteiger partial charge in [0.2, 0.25) is 5.91 Å². The summed E-state index contributed by atoms with van der Waals surface area (Å²) < 4.78 is 0. The highest BCUT2D eigenvalue weighted by atomic mass is 16.2. The van der Waals surface area contributed by atoms with Crippen LogP contribution in [0.25, 0.3) is 0 Å². The van der Waals surface area contributed by atoms with E-state index < -0.39 is 6.04 Å². The van der Waals surface area contributed by atoms with E-state index in [0.717, 1.165) is 24.9 Å². The molecule has 0 fully saturated rings. The molecule has 1 aromatic carbocycles. The van der Waals surface area contributed by atoms with E-state index in [1.165, 1.54) is 12.8 Å². The summed E-state index contributed by atoms with van der Waals surface area (Å²) in [7, 11) is 0. The summed E-state index contributed by atoms with van der Waals surface area (Å²) in [5.41, 5.74) is 6.73. The van der Waals surface area contributed by atoms with Gasteiger partial charge in [-0.1, -0.05) is 56.5 Å². The van der Waals surface area contributed by atoms with Crippen LogP contribution in [0.2, 0.25) is 0 Å². The molecule has 3 heteroatoms. The number of benzene rings is 1. The number of carbonyl (C=O) groups excluding carboxylic acids is 1. The predicted octanol–water partition coefficient (Wildman–Crippen LogP) is 2.38. The molecule has 94 valence electrons. The molecule has 17 heavy (non-hydrogen) atoms. The van der Waals surface area contributed by atoms with Gasteiger partial charge in [-0.25, -0.2) is 0 Å². The van der Waals surface area contributed by atoms with Crippen molar-refractivity contribution in [2.75, 3.05) is 6.54 Å². The van der Waals surface area contributed by atoms with Gasteiger partial charge in [-0.3, -0.25) is 4.79 Å². The van der Waals surface area contributed by atoms with E-state index in [9.17, 15) is 4.79 Å². The summed E-state index contributed by atoms with van der Waals surface area (Å²) in [6.07, 6.45) is 4.62. The van der Waals surface area contributed by atoms with Gasteiger partial charge in [0, 0.05) is 6.54 Å². The Balaban J connectivity index is 2.28. The minimum Gasteiger partial charge on any atom is -0.354 e. The van der Waals surface area contributed by atoms with Crippen molar-refractivity contribution in [3.63, 3.8) is 0 Å². The van der Waals surface area contributed by atoms with Crippen LogP contribution in [0.15, 0.2) is 30.3 Å². The second kappa shape index (κ2) is 7.85. The van der Waals surface area contributed by atoms with Crippen LogP contribution in [0.5, 0.6) is 0 Å². The van der Waals surface area contributed by atoms with Crippen molar-refractivity contribution >= 4 is 5.91 Å². The van der Waals surface area contributed by atoms with Crippen molar-refractivity contribution in [2.45, 2.75) is 38.6 Å². The van der Waals surface area contributed by atoms with Crippen LogP contribution < -0.4 is 11.1 Å². The first-order valence-corrected chi connectivity index (χ1v) is 6.34. The SMILES string of the molecule is CCCCCCNC(=O)[C@H](N)c1ccccc1. The van der Waals surface area contributed by atoms with E-state index in [-0.39, 0.29) is 5.91 Å². The predicted molar refractivity (Wildman–Crippen MR) is 70.5 cm³/mol. The lowest BCUT2D eigenvalue weighted by Crippen LogP contribution is -2.34. The zero-order chi connectivity index (χ0) is 12.5. The Hall–Kier alpha value is -1.35. The number of hydrogen-bond acceptors (Lipinski definition) is 2. The lowest BCUT2D eigenvalue weighted by atomic mass is 10.1. The van der Waals surface area contributed by atoms with Gasteiger partial charge < -0.3 is 11.1 Å². The summed E-state index contributed by atoms with van der Waals surface area (Å²) in [5, 5.41) is 2.88. The molecule has 0 aliphatic heterocycles. The van der Waals surface area contributed by atoms with Gasteiger partial charge in [0.25, 0.3) is 0 Å².